The van der Waals surface area contributed by atoms with E-state index in [9.17, 15) is 9.59 Å². The fourth-order valence-electron chi connectivity index (χ4n) is 1.89. The van der Waals surface area contributed by atoms with Crippen molar-refractivity contribution in [2.45, 2.75) is 12.6 Å². The molecule has 2 rings (SSSR count). The molecule has 3 N–H and O–H groups in total. The number of rotatable bonds is 5. The van der Waals surface area contributed by atoms with Crippen LogP contribution in [0.25, 0.3) is 0 Å². The van der Waals surface area contributed by atoms with Crippen molar-refractivity contribution in [2.75, 3.05) is 13.2 Å². The Balaban J connectivity index is 2.11. The number of carbonyl (C=O) groups is 2. The van der Waals surface area contributed by atoms with Crippen molar-refractivity contribution in [3.8, 4) is 0 Å². The van der Waals surface area contributed by atoms with Gasteiger partial charge in [0.05, 0.1) is 6.61 Å². The molecule has 1 aromatic rings. The third-order valence-electron chi connectivity index (χ3n) is 2.88. The second-order valence-electron chi connectivity index (χ2n) is 4.28. The number of hydrogen-bond donors (Lipinski definition) is 2. The highest BCUT2D eigenvalue weighted by Gasteiger charge is 2.19. The second-order valence-corrected chi connectivity index (χ2v) is 4.28. The molecular weight excluding hydrogens is 244 g/mol. The highest BCUT2D eigenvalue weighted by molar-refractivity contribution is 6.09. The summed E-state index contributed by atoms with van der Waals surface area (Å²) in [4.78, 5) is 23.4. The molecule has 1 heterocycles. The van der Waals surface area contributed by atoms with E-state index < -0.39 is 5.91 Å². The molecule has 0 saturated carbocycles. The van der Waals surface area contributed by atoms with Gasteiger partial charge in [0.2, 0.25) is 5.91 Å². The highest BCUT2D eigenvalue weighted by atomic mass is 16.5. The van der Waals surface area contributed by atoms with Crippen LogP contribution in [0.15, 0.2) is 42.0 Å². The Kier molecular flexibility index (Phi) is 4.43. The molecule has 19 heavy (non-hydrogen) atoms. The average Bonchev–Trinajstić information content (AvgIpc) is 2.91. The summed E-state index contributed by atoms with van der Waals surface area (Å²) in [5.74, 6) is -0.825. The summed E-state index contributed by atoms with van der Waals surface area (Å²) in [6.07, 6.45) is 1.34. The van der Waals surface area contributed by atoms with Crippen molar-refractivity contribution in [1.82, 2.24) is 5.32 Å². The molecule has 1 fully saturated rings. The van der Waals surface area contributed by atoms with E-state index in [0.29, 0.717) is 18.6 Å². The summed E-state index contributed by atoms with van der Waals surface area (Å²) in [5.41, 5.74) is 6.10. The lowest BCUT2D eigenvalue weighted by Gasteiger charge is -2.10. The summed E-state index contributed by atoms with van der Waals surface area (Å²) < 4.78 is 5.35. The van der Waals surface area contributed by atoms with Crippen LogP contribution < -0.4 is 11.1 Å². The molecule has 100 valence electrons. The lowest BCUT2D eigenvalue weighted by atomic mass is 10.1. The second kappa shape index (κ2) is 6.26. The zero-order valence-corrected chi connectivity index (χ0v) is 10.5. The Morgan fingerprint density at radius 2 is 2.11 bits per heavy atom. The lowest BCUT2D eigenvalue weighted by Crippen LogP contribution is -2.27. The van der Waals surface area contributed by atoms with E-state index >= 15 is 0 Å². The number of carbonyl (C=O) groups excluding carboxylic acids is 2. The van der Waals surface area contributed by atoms with Crippen LogP contribution in [0.4, 0.5) is 0 Å². The zero-order chi connectivity index (χ0) is 13.7. The van der Waals surface area contributed by atoms with Crippen LogP contribution in [-0.2, 0) is 9.53 Å². The number of amides is 1. The van der Waals surface area contributed by atoms with Crippen LogP contribution in [0.5, 0.6) is 0 Å². The first-order valence-corrected chi connectivity index (χ1v) is 6.11. The number of nitrogens with two attached hydrogens (primary N) is 1. The van der Waals surface area contributed by atoms with E-state index in [1.165, 1.54) is 6.08 Å². The van der Waals surface area contributed by atoms with E-state index in [4.69, 9.17) is 10.5 Å². The third kappa shape index (κ3) is 3.74. The Morgan fingerprint density at radius 1 is 1.37 bits per heavy atom. The molecule has 1 aliphatic heterocycles. The van der Waals surface area contributed by atoms with E-state index in [1.54, 1.807) is 24.3 Å². The van der Waals surface area contributed by atoms with Crippen LogP contribution in [0.3, 0.4) is 0 Å². The van der Waals surface area contributed by atoms with E-state index in [1.807, 2.05) is 6.07 Å². The number of ether oxygens (including phenoxy) is 1. The van der Waals surface area contributed by atoms with E-state index in [0.717, 1.165) is 6.54 Å². The molecule has 0 aromatic heterocycles. The number of nitrogens with one attached hydrogen (secondary N) is 1. The third-order valence-corrected chi connectivity index (χ3v) is 2.88. The van der Waals surface area contributed by atoms with Crippen molar-refractivity contribution >= 4 is 11.7 Å². The fraction of sp³-hybridized carbons (Fsp3) is 0.286. The van der Waals surface area contributed by atoms with Crippen LogP contribution in [0.2, 0.25) is 0 Å². The van der Waals surface area contributed by atoms with Gasteiger partial charge in [-0.1, -0.05) is 30.3 Å². The first kappa shape index (κ1) is 13.5. The Hall–Kier alpha value is -1.98. The van der Waals surface area contributed by atoms with Crippen molar-refractivity contribution in [3.05, 3.63) is 47.5 Å². The summed E-state index contributed by atoms with van der Waals surface area (Å²) >= 11 is 0. The fourth-order valence-corrected chi connectivity index (χ4v) is 1.89. The van der Waals surface area contributed by atoms with Gasteiger partial charge in [0, 0.05) is 24.1 Å². The van der Waals surface area contributed by atoms with Gasteiger partial charge in [0.25, 0.3) is 0 Å². The number of benzene rings is 1. The molecule has 1 amide bonds. The number of hydrogen-bond acceptors (Lipinski definition) is 4. The van der Waals surface area contributed by atoms with Gasteiger partial charge in [-0.25, -0.2) is 0 Å². The van der Waals surface area contributed by atoms with Crippen molar-refractivity contribution in [2.24, 2.45) is 5.73 Å². The quantitative estimate of drug-likeness (QED) is 0.600. The monoisotopic (exact) mass is 260 g/mol. The van der Waals surface area contributed by atoms with Gasteiger partial charge >= 0.3 is 0 Å². The van der Waals surface area contributed by atoms with Gasteiger partial charge in [-0.2, -0.15) is 0 Å². The van der Waals surface area contributed by atoms with Crippen molar-refractivity contribution < 1.29 is 14.3 Å². The highest BCUT2D eigenvalue weighted by Crippen LogP contribution is 2.11. The summed E-state index contributed by atoms with van der Waals surface area (Å²) in [5, 5.41) is 3.07. The first-order chi connectivity index (χ1) is 9.16. The maximum atomic E-state index is 12.0. The SMILES string of the molecule is NC(=O)/C(=C\C(=O)c1ccccc1)CC1NCCO1. The van der Waals surface area contributed by atoms with Gasteiger partial charge in [-0.3, -0.25) is 14.9 Å². The van der Waals surface area contributed by atoms with Crippen molar-refractivity contribution in [3.63, 3.8) is 0 Å². The smallest absolute Gasteiger partial charge is 0.244 e. The number of allylic oxidation sites excluding steroid dienone is 1. The average molecular weight is 260 g/mol. The summed E-state index contributed by atoms with van der Waals surface area (Å²) in [6.45, 7) is 1.34. The van der Waals surface area contributed by atoms with Crippen molar-refractivity contribution in [1.29, 1.82) is 0 Å². The largest absolute Gasteiger partial charge is 0.366 e. The molecule has 0 spiro atoms. The minimum Gasteiger partial charge on any atom is -0.366 e. The minimum atomic E-state index is -0.596. The van der Waals surface area contributed by atoms with Crippen LogP contribution in [0.1, 0.15) is 16.8 Å². The van der Waals surface area contributed by atoms with Gasteiger partial charge in [-0.15, -0.1) is 0 Å². The molecule has 0 aliphatic carbocycles. The maximum Gasteiger partial charge on any atom is 0.244 e. The number of ketones is 1. The normalized spacial score (nSPS) is 19.4. The van der Waals surface area contributed by atoms with E-state index in [-0.39, 0.29) is 17.6 Å². The Labute approximate surface area is 111 Å². The minimum absolute atomic E-state index is 0.229. The predicted octanol–water partition coefficient (Wildman–Crippen LogP) is 0.617. The molecule has 1 unspecified atom stereocenters. The summed E-state index contributed by atoms with van der Waals surface area (Å²) in [6, 6.07) is 8.76. The molecule has 0 radical (unpaired) electrons. The Morgan fingerprint density at radius 3 is 2.68 bits per heavy atom. The molecule has 1 aromatic carbocycles. The maximum absolute atomic E-state index is 12.0. The molecule has 1 aliphatic rings. The predicted molar refractivity (Wildman–Crippen MR) is 70.4 cm³/mol. The van der Waals surface area contributed by atoms with Gasteiger partial charge in [0.15, 0.2) is 5.78 Å². The first-order valence-electron chi connectivity index (χ1n) is 6.11. The number of primary amides is 1. The van der Waals surface area contributed by atoms with Gasteiger partial charge < -0.3 is 10.5 Å². The molecule has 0 bridgehead atoms. The standard InChI is InChI=1S/C14H16N2O3/c15-14(18)11(9-13-16-6-7-19-13)8-12(17)10-4-2-1-3-5-10/h1-5,8,13,16H,6-7,9H2,(H2,15,18)/b11-8-. The molecule has 1 atom stereocenters. The topological polar surface area (TPSA) is 81.4 Å². The van der Waals surface area contributed by atoms with Gasteiger partial charge in [-0.05, 0) is 6.08 Å². The van der Waals surface area contributed by atoms with Crippen LogP contribution >= 0.6 is 0 Å². The van der Waals surface area contributed by atoms with Crippen LogP contribution in [0, 0.1) is 0 Å². The van der Waals surface area contributed by atoms with Gasteiger partial charge in [0.1, 0.15) is 6.23 Å². The van der Waals surface area contributed by atoms with Crippen LogP contribution in [-0.4, -0.2) is 31.1 Å². The summed E-state index contributed by atoms with van der Waals surface area (Å²) in [7, 11) is 0. The molecule has 5 nitrogen and oxygen atoms in total. The lowest BCUT2D eigenvalue weighted by molar-refractivity contribution is -0.115. The van der Waals surface area contributed by atoms with E-state index in [2.05, 4.69) is 5.32 Å². The molecule has 1 saturated heterocycles. The molecule has 5 heteroatoms. The molecular formula is C14H16N2O3. The zero-order valence-electron chi connectivity index (χ0n) is 10.5. The Bertz CT molecular complexity index is 491.